The standard InChI is InChI=1S/C20H28N2O6S/c1-21(2)29(25,26)18-14-16(8-10-17(18)27-3)9-11-20(24)28-15-19(23)22-12-6-4-5-7-13-22/h8-11,14H,4-7,12-13,15H2,1-3H3/b11-9+. The van der Waals surface area contributed by atoms with Crippen LogP contribution in [-0.4, -0.2) is 70.4 Å². The van der Waals surface area contributed by atoms with Gasteiger partial charge in [0.25, 0.3) is 5.91 Å². The summed E-state index contributed by atoms with van der Waals surface area (Å²) in [6.45, 7) is 1.09. The summed E-state index contributed by atoms with van der Waals surface area (Å²) in [5.41, 5.74) is 0.488. The summed E-state index contributed by atoms with van der Waals surface area (Å²) in [6, 6.07) is 4.56. The number of nitrogens with zero attached hydrogens (tertiary/aromatic N) is 2. The first-order chi connectivity index (χ1) is 13.8. The number of hydrogen-bond donors (Lipinski definition) is 0. The molecule has 160 valence electrons. The predicted octanol–water partition coefficient (Wildman–Crippen LogP) is 1.90. The van der Waals surface area contributed by atoms with Crippen LogP contribution in [0.15, 0.2) is 29.2 Å². The van der Waals surface area contributed by atoms with E-state index in [0.717, 1.165) is 30.0 Å². The zero-order chi connectivity index (χ0) is 21.4. The SMILES string of the molecule is COc1ccc(/C=C/C(=O)OCC(=O)N2CCCCCC2)cc1S(=O)(=O)N(C)C. The van der Waals surface area contributed by atoms with Crippen LogP contribution in [0.3, 0.4) is 0 Å². The number of carbonyl (C=O) groups is 2. The molecule has 0 aliphatic carbocycles. The first-order valence-corrected chi connectivity index (χ1v) is 10.9. The van der Waals surface area contributed by atoms with E-state index in [4.69, 9.17) is 9.47 Å². The maximum Gasteiger partial charge on any atom is 0.331 e. The average Bonchev–Trinajstić information content (AvgIpc) is 2.99. The van der Waals surface area contributed by atoms with E-state index in [2.05, 4.69) is 0 Å². The Morgan fingerprint density at radius 3 is 2.38 bits per heavy atom. The number of rotatable bonds is 7. The van der Waals surface area contributed by atoms with Gasteiger partial charge in [-0.15, -0.1) is 0 Å². The van der Waals surface area contributed by atoms with Gasteiger partial charge in [0.1, 0.15) is 10.6 Å². The molecule has 29 heavy (non-hydrogen) atoms. The summed E-state index contributed by atoms with van der Waals surface area (Å²) < 4.78 is 36.1. The van der Waals surface area contributed by atoms with E-state index in [9.17, 15) is 18.0 Å². The maximum absolute atomic E-state index is 12.4. The van der Waals surface area contributed by atoms with Crippen molar-refractivity contribution in [2.45, 2.75) is 30.6 Å². The van der Waals surface area contributed by atoms with E-state index in [0.29, 0.717) is 18.7 Å². The van der Waals surface area contributed by atoms with E-state index >= 15 is 0 Å². The monoisotopic (exact) mass is 424 g/mol. The molecule has 8 nitrogen and oxygen atoms in total. The number of esters is 1. The van der Waals surface area contributed by atoms with Crippen molar-refractivity contribution in [1.82, 2.24) is 9.21 Å². The minimum Gasteiger partial charge on any atom is -0.495 e. The van der Waals surface area contributed by atoms with Gasteiger partial charge in [0.05, 0.1) is 7.11 Å². The lowest BCUT2D eigenvalue weighted by Gasteiger charge is -2.19. The van der Waals surface area contributed by atoms with E-state index in [1.807, 2.05) is 0 Å². The molecule has 1 aliphatic heterocycles. The second kappa shape index (κ2) is 10.4. The van der Waals surface area contributed by atoms with Gasteiger partial charge in [0, 0.05) is 33.3 Å². The molecule has 0 N–H and O–H groups in total. The summed E-state index contributed by atoms with van der Waals surface area (Å²) in [6.07, 6.45) is 6.76. The molecule has 0 spiro atoms. The molecule has 1 aliphatic rings. The van der Waals surface area contributed by atoms with E-state index in [1.54, 1.807) is 11.0 Å². The van der Waals surface area contributed by atoms with Crippen molar-refractivity contribution < 1.29 is 27.5 Å². The van der Waals surface area contributed by atoms with Gasteiger partial charge in [0.2, 0.25) is 10.0 Å². The van der Waals surface area contributed by atoms with Gasteiger partial charge in [-0.2, -0.15) is 0 Å². The molecule has 1 amide bonds. The van der Waals surface area contributed by atoms with Crippen LogP contribution in [0, 0.1) is 0 Å². The van der Waals surface area contributed by atoms with Crippen LogP contribution in [0.5, 0.6) is 5.75 Å². The van der Waals surface area contributed by atoms with Crippen LogP contribution in [-0.2, 0) is 24.3 Å². The second-order valence-electron chi connectivity index (χ2n) is 6.93. The third-order valence-corrected chi connectivity index (χ3v) is 6.49. The normalized spacial score (nSPS) is 15.4. The third kappa shape index (κ3) is 6.30. The van der Waals surface area contributed by atoms with Gasteiger partial charge in [-0.1, -0.05) is 18.9 Å². The van der Waals surface area contributed by atoms with Crippen LogP contribution >= 0.6 is 0 Å². The van der Waals surface area contributed by atoms with Gasteiger partial charge >= 0.3 is 5.97 Å². The number of amides is 1. The number of likely N-dealkylation sites (tertiary alicyclic amines) is 1. The third-order valence-electron chi connectivity index (χ3n) is 4.65. The number of carbonyl (C=O) groups excluding carboxylic acids is 2. The molecule has 1 fully saturated rings. The molecule has 1 saturated heterocycles. The van der Waals surface area contributed by atoms with Crippen molar-refractivity contribution in [1.29, 1.82) is 0 Å². The fraction of sp³-hybridized carbons (Fsp3) is 0.500. The second-order valence-corrected chi connectivity index (χ2v) is 9.05. The van der Waals surface area contributed by atoms with Crippen molar-refractivity contribution >= 4 is 28.0 Å². The van der Waals surface area contributed by atoms with Crippen molar-refractivity contribution in [2.24, 2.45) is 0 Å². The lowest BCUT2D eigenvalue weighted by Crippen LogP contribution is -2.35. The van der Waals surface area contributed by atoms with Crippen molar-refractivity contribution in [3.63, 3.8) is 0 Å². The lowest BCUT2D eigenvalue weighted by molar-refractivity contribution is -0.148. The Bertz CT molecular complexity index is 856. The molecule has 0 atom stereocenters. The number of ether oxygens (including phenoxy) is 2. The Morgan fingerprint density at radius 2 is 1.79 bits per heavy atom. The molecule has 2 rings (SSSR count). The minimum atomic E-state index is -3.71. The van der Waals surface area contributed by atoms with Crippen LogP contribution in [0.4, 0.5) is 0 Å². The molecule has 1 aromatic carbocycles. The summed E-state index contributed by atoms with van der Waals surface area (Å²) in [5, 5.41) is 0. The largest absolute Gasteiger partial charge is 0.495 e. The fourth-order valence-corrected chi connectivity index (χ4v) is 4.04. The Hall–Kier alpha value is -2.39. The molecule has 0 unspecified atom stereocenters. The highest BCUT2D eigenvalue weighted by atomic mass is 32.2. The van der Waals surface area contributed by atoms with Crippen LogP contribution in [0.1, 0.15) is 31.2 Å². The summed E-state index contributed by atoms with van der Waals surface area (Å²) >= 11 is 0. The molecule has 0 bridgehead atoms. The first-order valence-electron chi connectivity index (χ1n) is 9.49. The molecule has 1 aromatic rings. The Labute approximate surface area is 172 Å². The van der Waals surface area contributed by atoms with Crippen molar-refractivity contribution in [2.75, 3.05) is 40.9 Å². The molecule has 9 heteroatoms. The predicted molar refractivity (Wildman–Crippen MR) is 109 cm³/mol. The Kier molecular flexibility index (Phi) is 8.21. The summed E-state index contributed by atoms with van der Waals surface area (Å²) in [4.78, 5) is 25.8. The Balaban J connectivity index is 2.01. The highest BCUT2D eigenvalue weighted by molar-refractivity contribution is 7.89. The highest BCUT2D eigenvalue weighted by Gasteiger charge is 2.22. The zero-order valence-electron chi connectivity index (χ0n) is 17.1. The smallest absolute Gasteiger partial charge is 0.331 e. The van der Waals surface area contributed by atoms with E-state index in [-0.39, 0.29) is 23.2 Å². The summed E-state index contributed by atoms with van der Waals surface area (Å²) in [7, 11) is 0.531. The summed E-state index contributed by atoms with van der Waals surface area (Å²) in [5.74, 6) is -0.653. The molecular formula is C20H28N2O6S. The fourth-order valence-electron chi connectivity index (χ4n) is 2.95. The maximum atomic E-state index is 12.4. The lowest BCUT2D eigenvalue weighted by atomic mass is 10.2. The zero-order valence-corrected chi connectivity index (χ0v) is 17.9. The molecule has 1 heterocycles. The number of benzene rings is 1. The van der Waals surface area contributed by atoms with Gasteiger partial charge < -0.3 is 14.4 Å². The van der Waals surface area contributed by atoms with Crippen LogP contribution < -0.4 is 4.74 Å². The van der Waals surface area contributed by atoms with Crippen molar-refractivity contribution in [3.8, 4) is 5.75 Å². The first kappa shape index (κ1) is 22.9. The number of sulfonamides is 1. The van der Waals surface area contributed by atoms with E-state index in [1.165, 1.54) is 45.5 Å². The van der Waals surface area contributed by atoms with Gasteiger partial charge in [-0.25, -0.2) is 17.5 Å². The molecule has 0 aromatic heterocycles. The molecule has 0 radical (unpaired) electrons. The van der Waals surface area contributed by atoms with Crippen LogP contribution in [0.2, 0.25) is 0 Å². The van der Waals surface area contributed by atoms with Crippen molar-refractivity contribution in [3.05, 3.63) is 29.8 Å². The molecule has 0 saturated carbocycles. The van der Waals surface area contributed by atoms with Crippen LogP contribution in [0.25, 0.3) is 6.08 Å². The van der Waals surface area contributed by atoms with Gasteiger partial charge in [-0.05, 0) is 36.6 Å². The number of hydrogen-bond acceptors (Lipinski definition) is 6. The highest BCUT2D eigenvalue weighted by Crippen LogP contribution is 2.27. The number of methoxy groups -OCH3 is 1. The quantitative estimate of drug-likeness (QED) is 0.490. The van der Waals surface area contributed by atoms with Gasteiger partial charge in [-0.3, -0.25) is 4.79 Å². The van der Waals surface area contributed by atoms with Gasteiger partial charge in [0.15, 0.2) is 6.61 Å². The average molecular weight is 425 g/mol. The molecular weight excluding hydrogens is 396 g/mol. The van der Waals surface area contributed by atoms with E-state index < -0.39 is 16.0 Å². The Morgan fingerprint density at radius 1 is 1.14 bits per heavy atom. The minimum absolute atomic E-state index is 0.00291. The topological polar surface area (TPSA) is 93.2 Å².